The highest BCUT2D eigenvalue weighted by Crippen LogP contribution is 2.30. The van der Waals surface area contributed by atoms with E-state index < -0.39 is 0 Å². The second-order valence-corrected chi connectivity index (χ2v) is 5.25. The topological polar surface area (TPSA) is 48.1 Å². The van der Waals surface area contributed by atoms with E-state index in [1.165, 1.54) is 11.3 Å². The van der Waals surface area contributed by atoms with Crippen LogP contribution in [-0.4, -0.2) is 11.6 Å². The molecule has 2 rings (SSSR count). The Morgan fingerprint density at radius 1 is 1.47 bits per heavy atom. The lowest BCUT2D eigenvalue weighted by Crippen LogP contribution is -2.10. The molecule has 5 heteroatoms. The fourth-order valence-corrected chi connectivity index (χ4v) is 2.60. The monoisotopic (exact) mass is 268 g/mol. The van der Waals surface area contributed by atoms with Crippen LogP contribution in [0.25, 0.3) is 0 Å². The van der Waals surface area contributed by atoms with E-state index in [1.807, 2.05) is 25.1 Å². The van der Waals surface area contributed by atoms with Gasteiger partial charge < -0.3 is 10.5 Å². The lowest BCUT2D eigenvalue weighted by Gasteiger charge is -2.11. The van der Waals surface area contributed by atoms with E-state index >= 15 is 0 Å². The number of nitrogens with zero attached hydrogens (tertiary/aromatic N) is 1. The second kappa shape index (κ2) is 5.49. The second-order valence-electron chi connectivity index (χ2n) is 3.51. The third-order valence-electron chi connectivity index (χ3n) is 2.30. The minimum Gasteiger partial charge on any atom is -0.492 e. The molecule has 0 fully saturated rings. The molecule has 2 aromatic rings. The summed E-state index contributed by atoms with van der Waals surface area (Å²) in [5.74, 6) is 0.739. The Hall–Kier alpha value is -1.10. The largest absolute Gasteiger partial charge is 0.492 e. The highest BCUT2D eigenvalue weighted by molar-refractivity contribution is 7.16. The average Bonchev–Trinajstić information content (AvgIpc) is 2.76. The van der Waals surface area contributed by atoms with Crippen molar-refractivity contribution in [1.82, 2.24) is 4.98 Å². The van der Waals surface area contributed by atoms with E-state index in [4.69, 9.17) is 22.1 Å². The van der Waals surface area contributed by atoms with E-state index in [9.17, 15) is 0 Å². The molecule has 2 heterocycles. The van der Waals surface area contributed by atoms with Crippen molar-refractivity contribution in [2.75, 3.05) is 6.61 Å². The summed E-state index contributed by atoms with van der Waals surface area (Å²) in [5.41, 5.74) is 7.08. The summed E-state index contributed by atoms with van der Waals surface area (Å²) in [6, 6.07) is 5.49. The van der Waals surface area contributed by atoms with Crippen LogP contribution in [0.2, 0.25) is 4.34 Å². The number of thiophene rings is 1. The van der Waals surface area contributed by atoms with E-state index in [-0.39, 0.29) is 6.04 Å². The third-order valence-corrected chi connectivity index (χ3v) is 3.62. The van der Waals surface area contributed by atoms with Crippen molar-refractivity contribution in [2.24, 2.45) is 5.73 Å². The van der Waals surface area contributed by atoms with Crippen LogP contribution in [0.1, 0.15) is 23.4 Å². The number of pyridine rings is 1. The fourth-order valence-electron chi connectivity index (χ4n) is 1.51. The molecule has 1 unspecified atom stereocenters. The molecule has 1 atom stereocenters. The van der Waals surface area contributed by atoms with Crippen LogP contribution < -0.4 is 10.5 Å². The minimum absolute atomic E-state index is 0.208. The lowest BCUT2D eigenvalue weighted by atomic mass is 10.1. The van der Waals surface area contributed by atoms with Crippen LogP contribution in [0.3, 0.4) is 0 Å². The van der Waals surface area contributed by atoms with Gasteiger partial charge in [-0.25, -0.2) is 0 Å². The first-order valence-electron chi connectivity index (χ1n) is 5.29. The number of halogens is 1. The van der Waals surface area contributed by atoms with Crippen molar-refractivity contribution in [3.05, 3.63) is 45.4 Å². The molecule has 0 saturated heterocycles. The predicted octanol–water partition coefficient (Wildman–Crippen LogP) is 3.24. The first-order valence-corrected chi connectivity index (χ1v) is 6.48. The van der Waals surface area contributed by atoms with Gasteiger partial charge in [-0.2, -0.15) is 0 Å². The summed E-state index contributed by atoms with van der Waals surface area (Å²) >= 11 is 7.38. The van der Waals surface area contributed by atoms with Gasteiger partial charge in [0.25, 0.3) is 0 Å². The average molecular weight is 269 g/mol. The molecule has 2 aromatic heterocycles. The highest BCUT2D eigenvalue weighted by atomic mass is 35.5. The standard InChI is InChI=1S/C12H13ClN2OS/c1-2-16-9-5-8(6-15-7-9)12(14)10-3-4-11(13)17-10/h3-7,12H,2,14H2,1H3. The van der Waals surface area contributed by atoms with Crippen LogP contribution in [0, 0.1) is 0 Å². The zero-order valence-corrected chi connectivity index (χ0v) is 11.0. The molecule has 0 bridgehead atoms. The van der Waals surface area contributed by atoms with Crippen molar-refractivity contribution in [1.29, 1.82) is 0 Å². The van der Waals surface area contributed by atoms with Crippen LogP contribution in [0.4, 0.5) is 0 Å². The van der Waals surface area contributed by atoms with Gasteiger partial charge in [-0.3, -0.25) is 4.98 Å². The van der Waals surface area contributed by atoms with Crippen LogP contribution in [0.15, 0.2) is 30.6 Å². The maximum Gasteiger partial charge on any atom is 0.137 e. The number of hydrogen-bond donors (Lipinski definition) is 1. The molecule has 90 valence electrons. The van der Waals surface area contributed by atoms with Crippen molar-refractivity contribution >= 4 is 22.9 Å². The summed E-state index contributed by atoms with van der Waals surface area (Å²) in [6.45, 7) is 2.55. The lowest BCUT2D eigenvalue weighted by molar-refractivity contribution is 0.338. The zero-order chi connectivity index (χ0) is 12.3. The van der Waals surface area contributed by atoms with E-state index in [0.29, 0.717) is 6.61 Å². The first-order chi connectivity index (χ1) is 8.20. The fraction of sp³-hybridized carbons (Fsp3) is 0.250. The Labute approximate surface area is 109 Å². The maximum absolute atomic E-state index is 6.15. The van der Waals surface area contributed by atoms with Gasteiger partial charge in [-0.1, -0.05) is 11.6 Å². The molecule has 0 aliphatic rings. The number of hydrogen-bond acceptors (Lipinski definition) is 4. The van der Waals surface area contributed by atoms with Crippen molar-refractivity contribution in [3.8, 4) is 5.75 Å². The Bertz CT molecular complexity index is 501. The molecule has 0 aliphatic heterocycles. The van der Waals surface area contributed by atoms with Gasteiger partial charge in [0.2, 0.25) is 0 Å². The van der Waals surface area contributed by atoms with Gasteiger partial charge in [0.1, 0.15) is 5.75 Å². The van der Waals surface area contributed by atoms with Crippen LogP contribution in [0.5, 0.6) is 5.75 Å². The molecule has 0 aliphatic carbocycles. The Morgan fingerprint density at radius 3 is 2.94 bits per heavy atom. The molecule has 17 heavy (non-hydrogen) atoms. The Kier molecular flexibility index (Phi) is 3.99. The first kappa shape index (κ1) is 12.4. The summed E-state index contributed by atoms with van der Waals surface area (Å²) in [6.07, 6.45) is 3.43. The summed E-state index contributed by atoms with van der Waals surface area (Å²) in [7, 11) is 0. The number of ether oxygens (including phenoxy) is 1. The number of nitrogens with two attached hydrogens (primary N) is 1. The Balaban J connectivity index is 2.24. The van der Waals surface area contributed by atoms with E-state index in [1.54, 1.807) is 12.4 Å². The van der Waals surface area contributed by atoms with Gasteiger partial charge >= 0.3 is 0 Å². The molecule has 0 aromatic carbocycles. The Morgan fingerprint density at radius 2 is 2.29 bits per heavy atom. The van der Waals surface area contributed by atoms with Gasteiger partial charge in [0.15, 0.2) is 0 Å². The van der Waals surface area contributed by atoms with Crippen molar-refractivity contribution in [2.45, 2.75) is 13.0 Å². The normalized spacial score (nSPS) is 12.4. The molecule has 0 spiro atoms. The zero-order valence-electron chi connectivity index (χ0n) is 9.39. The minimum atomic E-state index is -0.208. The molecule has 2 N–H and O–H groups in total. The van der Waals surface area contributed by atoms with E-state index in [2.05, 4.69) is 4.98 Å². The molecule has 3 nitrogen and oxygen atoms in total. The van der Waals surface area contributed by atoms with Crippen molar-refractivity contribution in [3.63, 3.8) is 0 Å². The molecular formula is C12H13ClN2OS. The summed E-state index contributed by atoms with van der Waals surface area (Å²) in [4.78, 5) is 5.14. The third kappa shape index (κ3) is 2.97. The highest BCUT2D eigenvalue weighted by Gasteiger charge is 2.12. The van der Waals surface area contributed by atoms with E-state index in [0.717, 1.165) is 20.5 Å². The van der Waals surface area contributed by atoms with Gasteiger partial charge in [-0.15, -0.1) is 11.3 Å². The van der Waals surface area contributed by atoms with Gasteiger partial charge in [0.05, 0.1) is 23.2 Å². The molecule has 0 amide bonds. The van der Waals surface area contributed by atoms with Gasteiger partial charge in [-0.05, 0) is 30.7 Å². The smallest absolute Gasteiger partial charge is 0.137 e. The van der Waals surface area contributed by atoms with Crippen LogP contribution in [-0.2, 0) is 0 Å². The SMILES string of the molecule is CCOc1cncc(C(N)c2ccc(Cl)s2)c1. The molecular weight excluding hydrogens is 256 g/mol. The summed E-state index contributed by atoms with van der Waals surface area (Å²) in [5, 5.41) is 0. The number of rotatable bonds is 4. The van der Waals surface area contributed by atoms with Gasteiger partial charge in [0, 0.05) is 11.1 Å². The summed E-state index contributed by atoms with van der Waals surface area (Å²) < 4.78 is 6.14. The molecule has 0 saturated carbocycles. The predicted molar refractivity (Wildman–Crippen MR) is 70.8 cm³/mol. The van der Waals surface area contributed by atoms with Crippen molar-refractivity contribution < 1.29 is 4.74 Å². The maximum atomic E-state index is 6.15. The molecule has 0 radical (unpaired) electrons. The number of aromatic nitrogens is 1. The van der Waals surface area contributed by atoms with Crippen LogP contribution >= 0.6 is 22.9 Å². The quantitative estimate of drug-likeness (QED) is 0.926.